The van der Waals surface area contributed by atoms with Crippen LogP contribution in [0.3, 0.4) is 0 Å². The predicted molar refractivity (Wildman–Crippen MR) is 158 cm³/mol. The zero-order chi connectivity index (χ0) is 28.8. The number of carboxylic acid groups (broad SMARTS) is 1. The lowest BCUT2D eigenvalue weighted by atomic mass is 9.37. The molecule has 224 valence electrons. The number of hydrogen-bond acceptors (Lipinski definition) is 4. The van der Waals surface area contributed by atoms with Gasteiger partial charge in [-0.2, -0.15) is 0 Å². The molecule has 0 heterocycles. The van der Waals surface area contributed by atoms with Crippen LogP contribution in [0.5, 0.6) is 0 Å². The second kappa shape index (κ2) is 11.4. The molecular formula is C34H59NO4. The van der Waals surface area contributed by atoms with Crippen LogP contribution in [0.2, 0.25) is 0 Å². The van der Waals surface area contributed by atoms with E-state index in [4.69, 9.17) is 15.2 Å². The lowest BCUT2D eigenvalue weighted by Crippen LogP contribution is -2.62. The lowest BCUT2D eigenvalue weighted by molar-refractivity contribution is -0.192. The van der Waals surface area contributed by atoms with E-state index in [0.29, 0.717) is 36.8 Å². The lowest BCUT2D eigenvalue weighted by Gasteiger charge is -2.66. The van der Waals surface area contributed by atoms with Crippen LogP contribution < -0.4 is 5.73 Å². The fraction of sp³-hybridized carbons (Fsp3) is 0.912. The fourth-order valence-electron chi connectivity index (χ4n) is 10.4. The second-order valence-electron chi connectivity index (χ2n) is 15.3. The Kier molecular flexibility index (Phi) is 9.07. The van der Waals surface area contributed by atoms with Gasteiger partial charge in [0.15, 0.2) is 0 Å². The number of nitrogens with two attached hydrogens (primary N) is 1. The van der Waals surface area contributed by atoms with E-state index in [1.54, 1.807) is 5.57 Å². The van der Waals surface area contributed by atoms with E-state index in [0.717, 1.165) is 51.4 Å². The first-order chi connectivity index (χ1) is 18.3. The Morgan fingerprint density at radius 1 is 1.05 bits per heavy atom. The minimum atomic E-state index is -0.584. The molecule has 10 atom stereocenters. The summed E-state index contributed by atoms with van der Waals surface area (Å²) in [6, 6.07) is 0. The molecule has 4 saturated carbocycles. The molecule has 0 aromatic rings. The number of rotatable bonds is 7. The highest BCUT2D eigenvalue weighted by Gasteiger charge is 2.66. The number of hydrogen-bond donors (Lipinski definition) is 2. The summed E-state index contributed by atoms with van der Waals surface area (Å²) in [5.41, 5.74) is 7.07. The van der Waals surface area contributed by atoms with Gasteiger partial charge in [0.25, 0.3) is 0 Å². The van der Waals surface area contributed by atoms with E-state index in [-0.39, 0.29) is 39.8 Å². The molecule has 0 unspecified atom stereocenters. The van der Waals surface area contributed by atoms with Gasteiger partial charge in [-0.3, -0.25) is 4.79 Å². The molecule has 0 aliphatic heterocycles. The third kappa shape index (κ3) is 5.05. The molecule has 3 N–H and O–H groups in total. The highest BCUT2D eigenvalue weighted by molar-refractivity contribution is 5.73. The zero-order valence-electron chi connectivity index (χ0n) is 26.4. The summed E-state index contributed by atoms with van der Waals surface area (Å²) in [7, 11) is 1.86. The van der Waals surface area contributed by atoms with Crippen molar-refractivity contribution in [3.05, 3.63) is 11.6 Å². The Balaban J connectivity index is 1.78. The Bertz CT molecular complexity index is 917. The maximum absolute atomic E-state index is 13.2. The summed E-state index contributed by atoms with van der Waals surface area (Å²) in [6.07, 6.45) is 13.6. The zero-order valence-corrected chi connectivity index (χ0v) is 26.4. The van der Waals surface area contributed by atoms with Gasteiger partial charge >= 0.3 is 5.97 Å². The molecule has 5 heteroatoms. The summed E-state index contributed by atoms with van der Waals surface area (Å²) >= 11 is 0. The quantitative estimate of drug-likeness (QED) is 0.324. The summed E-state index contributed by atoms with van der Waals surface area (Å²) in [5.74, 6) is 0.809. The molecule has 4 fully saturated rings. The van der Waals surface area contributed by atoms with E-state index in [1.807, 2.05) is 7.11 Å². The van der Waals surface area contributed by atoms with Crippen molar-refractivity contribution in [3.8, 4) is 0 Å². The average Bonchev–Trinajstić information content (AvgIpc) is 2.87. The van der Waals surface area contributed by atoms with Crippen molar-refractivity contribution in [1.82, 2.24) is 0 Å². The summed E-state index contributed by atoms with van der Waals surface area (Å²) in [4.78, 5) is 13.2. The van der Waals surface area contributed by atoms with Crippen LogP contribution in [0.25, 0.3) is 0 Å². The highest BCUT2D eigenvalue weighted by atomic mass is 16.5. The molecule has 39 heavy (non-hydrogen) atoms. The first-order valence-corrected chi connectivity index (χ1v) is 16.1. The summed E-state index contributed by atoms with van der Waals surface area (Å²) in [5, 5.41) is 10.9. The van der Waals surface area contributed by atoms with Crippen LogP contribution in [0.1, 0.15) is 113 Å². The normalized spacial score (nSPS) is 45.6. The van der Waals surface area contributed by atoms with Crippen molar-refractivity contribution in [2.24, 2.45) is 57.0 Å². The van der Waals surface area contributed by atoms with Crippen LogP contribution in [0.15, 0.2) is 11.6 Å². The van der Waals surface area contributed by atoms with Gasteiger partial charge in [-0.1, -0.05) is 73.0 Å². The van der Waals surface area contributed by atoms with Gasteiger partial charge in [-0.15, -0.1) is 0 Å². The Labute approximate surface area is 239 Å². The Morgan fingerprint density at radius 3 is 2.31 bits per heavy atom. The molecule has 5 aliphatic rings. The number of carboxylic acids is 1. The van der Waals surface area contributed by atoms with Crippen LogP contribution in [-0.2, 0) is 14.3 Å². The molecule has 2 bridgehead atoms. The molecule has 0 aromatic carbocycles. The Morgan fingerprint density at radius 2 is 1.72 bits per heavy atom. The van der Waals surface area contributed by atoms with E-state index in [9.17, 15) is 9.90 Å². The van der Waals surface area contributed by atoms with Crippen LogP contribution in [0, 0.1) is 51.2 Å². The first-order valence-electron chi connectivity index (χ1n) is 16.1. The van der Waals surface area contributed by atoms with E-state index in [1.165, 1.54) is 12.8 Å². The molecule has 5 nitrogen and oxygen atoms in total. The second-order valence-corrected chi connectivity index (χ2v) is 15.3. The van der Waals surface area contributed by atoms with Crippen LogP contribution in [-0.4, -0.2) is 43.5 Å². The minimum absolute atomic E-state index is 0.0264. The minimum Gasteiger partial charge on any atom is -0.481 e. The monoisotopic (exact) mass is 545 g/mol. The predicted octanol–water partition coefficient (Wildman–Crippen LogP) is 7.48. The molecule has 5 rings (SSSR count). The molecular weight excluding hydrogens is 486 g/mol. The maximum atomic E-state index is 13.2. The molecule has 0 radical (unpaired) electrons. The number of carbonyl (C=O) groups is 1. The smallest absolute Gasteiger partial charge is 0.307 e. The highest BCUT2D eigenvalue weighted by Crippen LogP contribution is 2.70. The van der Waals surface area contributed by atoms with Gasteiger partial charge in [0, 0.05) is 13.7 Å². The molecule has 0 aromatic heterocycles. The van der Waals surface area contributed by atoms with Gasteiger partial charge in [-0.05, 0) is 96.7 Å². The summed E-state index contributed by atoms with van der Waals surface area (Å²) < 4.78 is 12.7. The van der Waals surface area contributed by atoms with Gasteiger partial charge in [0.05, 0.1) is 24.7 Å². The number of aliphatic carboxylic acids is 1. The topological polar surface area (TPSA) is 81.8 Å². The number of ether oxygens (including phenoxy) is 2. The van der Waals surface area contributed by atoms with Crippen molar-refractivity contribution >= 4 is 5.97 Å². The fourth-order valence-corrected chi connectivity index (χ4v) is 10.4. The van der Waals surface area contributed by atoms with Crippen LogP contribution in [0.4, 0.5) is 0 Å². The molecule has 5 aliphatic carbocycles. The van der Waals surface area contributed by atoms with Crippen LogP contribution >= 0.6 is 0 Å². The van der Waals surface area contributed by atoms with E-state index >= 15 is 0 Å². The average molecular weight is 546 g/mol. The van der Waals surface area contributed by atoms with Gasteiger partial charge in [0.1, 0.15) is 0 Å². The standard InChI is InChI=1S/C34H59NO4/c1-22(2)23(3)32(5)17-18-33(6)26-12-10-15-31(4)14-9-11-24(21-27(38-8)29(31)39-20-19-35)25(26)13-16-34(33,7)28(32)30(36)37/h13,22-24,26-29H,9-12,14-21,35H2,1-8H3,(H,36,37)/t23-,24+,26+,27-,28-,29+,31+,32-,33-,34+/m1/s1. The SMILES string of the molecule is CO[C@@H]1C[C@@H]2CCC[C@@](C)(CCC[C@H]3C2=CC[C@@]2(C)[C@H](C(=O)O)[C@@](C)([C@H](C)C(C)C)CC[C@]32C)[C@H]1OCCN. The van der Waals surface area contributed by atoms with Crippen molar-refractivity contribution in [2.45, 2.75) is 125 Å². The molecule has 0 saturated heterocycles. The first kappa shape index (κ1) is 31.0. The largest absolute Gasteiger partial charge is 0.481 e. The van der Waals surface area contributed by atoms with Gasteiger partial charge in [0.2, 0.25) is 0 Å². The van der Waals surface area contributed by atoms with Crippen molar-refractivity contribution < 1.29 is 19.4 Å². The third-order valence-electron chi connectivity index (χ3n) is 13.3. The molecule has 0 amide bonds. The number of methoxy groups -OCH3 is 1. The van der Waals surface area contributed by atoms with E-state index < -0.39 is 5.97 Å². The number of fused-ring (bicyclic) bond motifs is 7. The van der Waals surface area contributed by atoms with E-state index in [2.05, 4.69) is 54.5 Å². The summed E-state index contributed by atoms with van der Waals surface area (Å²) in [6.45, 7) is 17.5. The van der Waals surface area contributed by atoms with Gasteiger partial charge < -0.3 is 20.3 Å². The van der Waals surface area contributed by atoms with Crippen molar-refractivity contribution in [3.63, 3.8) is 0 Å². The third-order valence-corrected chi connectivity index (χ3v) is 13.3. The maximum Gasteiger partial charge on any atom is 0.307 e. The van der Waals surface area contributed by atoms with Gasteiger partial charge in [-0.25, -0.2) is 0 Å². The molecule has 0 spiro atoms. The number of allylic oxidation sites excluding steroid dienone is 2. The Hall–Kier alpha value is -0.910. The van der Waals surface area contributed by atoms with Crippen molar-refractivity contribution in [2.75, 3.05) is 20.3 Å². The van der Waals surface area contributed by atoms with Crippen molar-refractivity contribution in [1.29, 1.82) is 0 Å².